The van der Waals surface area contributed by atoms with Crippen molar-refractivity contribution >= 4 is 10.0 Å². The highest BCUT2D eigenvalue weighted by molar-refractivity contribution is 7.89. The number of sulfonamides is 1. The van der Waals surface area contributed by atoms with Gasteiger partial charge in [-0.05, 0) is 44.0 Å². The minimum atomic E-state index is -3.13. The Morgan fingerprint density at radius 2 is 1.95 bits per heavy atom. The number of piperidine rings is 1. The number of hydrogen-bond donors (Lipinski definition) is 1. The van der Waals surface area contributed by atoms with E-state index in [0.717, 1.165) is 18.4 Å². The number of nitrogens with one attached hydrogen (secondary N) is 1. The molecule has 0 amide bonds. The fourth-order valence-corrected chi connectivity index (χ4v) is 3.87. The normalized spacial score (nSPS) is 18.6. The third-order valence-corrected chi connectivity index (χ3v) is 5.53. The largest absolute Gasteiger partial charge is 0.317 e. The summed E-state index contributed by atoms with van der Waals surface area (Å²) in [5.41, 5.74) is 1.02. The van der Waals surface area contributed by atoms with E-state index in [1.54, 1.807) is 16.7 Å². The average molecular weight is 283 g/mol. The first-order chi connectivity index (χ1) is 9.12. The molecule has 1 fully saturated rings. The van der Waals surface area contributed by atoms with E-state index < -0.39 is 10.0 Å². The van der Waals surface area contributed by atoms with Gasteiger partial charge in [-0.1, -0.05) is 0 Å². The average Bonchev–Trinajstić information content (AvgIpc) is 2.46. The van der Waals surface area contributed by atoms with E-state index in [1.165, 1.54) is 0 Å². The van der Waals surface area contributed by atoms with Crippen molar-refractivity contribution in [2.75, 3.05) is 25.9 Å². The van der Waals surface area contributed by atoms with Crippen molar-refractivity contribution in [3.8, 4) is 0 Å². The van der Waals surface area contributed by atoms with E-state index >= 15 is 0 Å². The van der Waals surface area contributed by atoms with E-state index in [9.17, 15) is 8.42 Å². The Morgan fingerprint density at radius 1 is 1.32 bits per heavy atom. The van der Waals surface area contributed by atoms with Crippen LogP contribution in [0.2, 0.25) is 0 Å². The molecule has 5 nitrogen and oxygen atoms in total. The van der Waals surface area contributed by atoms with E-state index in [2.05, 4.69) is 10.3 Å². The van der Waals surface area contributed by atoms with Crippen LogP contribution >= 0.6 is 0 Å². The maximum Gasteiger partial charge on any atom is 0.214 e. The molecule has 1 aliphatic heterocycles. The van der Waals surface area contributed by atoms with Crippen LogP contribution in [0.25, 0.3) is 0 Å². The molecule has 0 aromatic carbocycles. The fraction of sp³-hybridized carbons (Fsp3) is 0.615. The monoisotopic (exact) mass is 283 g/mol. The Hall–Kier alpha value is -0.980. The van der Waals surface area contributed by atoms with Crippen molar-refractivity contribution in [1.82, 2.24) is 14.6 Å². The summed E-state index contributed by atoms with van der Waals surface area (Å²) in [6, 6.07) is 4.18. The van der Waals surface area contributed by atoms with Gasteiger partial charge in [0.15, 0.2) is 0 Å². The zero-order valence-electron chi connectivity index (χ0n) is 11.2. The van der Waals surface area contributed by atoms with E-state index in [1.807, 2.05) is 19.2 Å². The van der Waals surface area contributed by atoms with Gasteiger partial charge in [0.2, 0.25) is 10.0 Å². The lowest BCUT2D eigenvalue weighted by atomic mass is 10.1. The molecule has 1 aromatic heterocycles. The molecule has 2 rings (SSSR count). The lowest BCUT2D eigenvalue weighted by Crippen LogP contribution is -2.44. The second kappa shape index (κ2) is 6.45. The highest BCUT2D eigenvalue weighted by Crippen LogP contribution is 2.15. The highest BCUT2D eigenvalue weighted by Gasteiger charge is 2.26. The molecule has 2 heterocycles. The molecule has 106 valence electrons. The van der Waals surface area contributed by atoms with Crippen molar-refractivity contribution < 1.29 is 8.42 Å². The predicted octanol–water partition coefficient (Wildman–Crippen LogP) is 0.638. The third-order valence-electron chi connectivity index (χ3n) is 3.65. The van der Waals surface area contributed by atoms with Crippen molar-refractivity contribution in [2.45, 2.75) is 25.3 Å². The maximum atomic E-state index is 12.2. The van der Waals surface area contributed by atoms with Crippen LogP contribution in [0.1, 0.15) is 18.4 Å². The van der Waals surface area contributed by atoms with Gasteiger partial charge in [-0.2, -0.15) is 0 Å². The van der Waals surface area contributed by atoms with Crippen LogP contribution in [0, 0.1) is 0 Å². The number of aromatic nitrogens is 1. The standard InChI is InChI=1S/C13H21N3O2S/c1-14-13-4-9-16(10-5-13)19(17,18)11-6-12-2-7-15-8-3-12/h2-3,7-8,13-14H,4-6,9-11H2,1H3. The number of rotatable bonds is 5. The highest BCUT2D eigenvalue weighted by atomic mass is 32.2. The predicted molar refractivity (Wildman–Crippen MR) is 75.4 cm³/mol. The van der Waals surface area contributed by atoms with Gasteiger partial charge in [0, 0.05) is 31.5 Å². The van der Waals surface area contributed by atoms with Crippen LogP contribution in [0.3, 0.4) is 0 Å². The van der Waals surface area contributed by atoms with E-state index in [-0.39, 0.29) is 5.75 Å². The van der Waals surface area contributed by atoms with Gasteiger partial charge < -0.3 is 5.32 Å². The zero-order chi connectivity index (χ0) is 13.7. The number of pyridine rings is 1. The molecule has 0 aliphatic carbocycles. The molecule has 0 bridgehead atoms. The quantitative estimate of drug-likeness (QED) is 0.861. The Bertz CT molecular complexity index is 482. The summed E-state index contributed by atoms with van der Waals surface area (Å²) in [7, 11) is -1.20. The van der Waals surface area contributed by atoms with Gasteiger partial charge in [0.25, 0.3) is 0 Å². The summed E-state index contributed by atoms with van der Waals surface area (Å²) < 4.78 is 26.1. The topological polar surface area (TPSA) is 62.3 Å². The molecular weight excluding hydrogens is 262 g/mol. The van der Waals surface area contributed by atoms with Crippen LogP contribution in [-0.2, 0) is 16.4 Å². The Balaban J connectivity index is 1.89. The Kier molecular flexibility index (Phi) is 4.90. The summed E-state index contributed by atoms with van der Waals surface area (Å²) in [5.74, 6) is 0.182. The van der Waals surface area contributed by atoms with Crippen LogP contribution in [0.15, 0.2) is 24.5 Å². The number of hydrogen-bond acceptors (Lipinski definition) is 4. The summed E-state index contributed by atoms with van der Waals surface area (Å²) in [5, 5.41) is 3.21. The van der Waals surface area contributed by atoms with Crippen molar-refractivity contribution in [3.63, 3.8) is 0 Å². The van der Waals surface area contributed by atoms with Gasteiger partial charge in [-0.25, -0.2) is 12.7 Å². The first-order valence-corrected chi connectivity index (χ1v) is 8.27. The summed E-state index contributed by atoms with van der Waals surface area (Å²) >= 11 is 0. The molecular formula is C13H21N3O2S. The van der Waals surface area contributed by atoms with Gasteiger partial charge >= 0.3 is 0 Å². The Morgan fingerprint density at radius 3 is 2.53 bits per heavy atom. The number of nitrogens with zero attached hydrogens (tertiary/aromatic N) is 2. The summed E-state index contributed by atoms with van der Waals surface area (Å²) in [6.07, 6.45) is 5.73. The molecule has 0 unspecified atom stereocenters. The summed E-state index contributed by atoms with van der Waals surface area (Å²) in [4.78, 5) is 3.93. The molecule has 19 heavy (non-hydrogen) atoms. The van der Waals surface area contributed by atoms with E-state index in [4.69, 9.17) is 0 Å². The molecule has 0 radical (unpaired) electrons. The first-order valence-electron chi connectivity index (χ1n) is 6.66. The lowest BCUT2D eigenvalue weighted by molar-refractivity contribution is 0.298. The maximum absolute atomic E-state index is 12.2. The van der Waals surface area contributed by atoms with Crippen molar-refractivity contribution in [3.05, 3.63) is 30.1 Å². The molecule has 1 aliphatic rings. The van der Waals surface area contributed by atoms with Gasteiger partial charge in [0.05, 0.1) is 5.75 Å². The van der Waals surface area contributed by atoms with Crippen LogP contribution in [0.4, 0.5) is 0 Å². The minimum absolute atomic E-state index is 0.182. The third kappa shape index (κ3) is 3.99. The second-order valence-corrected chi connectivity index (χ2v) is 6.97. The minimum Gasteiger partial charge on any atom is -0.317 e. The van der Waals surface area contributed by atoms with Gasteiger partial charge in [0.1, 0.15) is 0 Å². The summed E-state index contributed by atoms with van der Waals surface area (Å²) in [6.45, 7) is 1.26. The Labute approximate surface area is 115 Å². The second-order valence-electron chi connectivity index (χ2n) is 4.88. The van der Waals surface area contributed by atoms with Gasteiger partial charge in [-0.3, -0.25) is 4.98 Å². The van der Waals surface area contributed by atoms with Crippen LogP contribution in [0.5, 0.6) is 0 Å². The fourth-order valence-electron chi connectivity index (χ4n) is 2.35. The molecule has 0 spiro atoms. The smallest absolute Gasteiger partial charge is 0.214 e. The molecule has 1 N–H and O–H groups in total. The first kappa shape index (κ1) is 14.4. The van der Waals surface area contributed by atoms with Crippen LogP contribution < -0.4 is 5.32 Å². The molecule has 6 heteroatoms. The van der Waals surface area contributed by atoms with Crippen molar-refractivity contribution in [2.24, 2.45) is 0 Å². The zero-order valence-corrected chi connectivity index (χ0v) is 12.1. The lowest BCUT2D eigenvalue weighted by Gasteiger charge is -2.31. The molecule has 0 saturated carbocycles. The van der Waals surface area contributed by atoms with Crippen molar-refractivity contribution in [1.29, 1.82) is 0 Å². The van der Waals surface area contributed by atoms with Crippen LogP contribution in [-0.4, -0.2) is 49.6 Å². The SMILES string of the molecule is CNC1CCN(S(=O)(=O)CCc2ccncc2)CC1. The molecule has 0 atom stereocenters. The van der Waals surface area contributed by atoms with E-state index in [0.29, 0.717) is 25.6 Å². The number of aryl methyl sites for hydroxylation is 1. The molecule has 1 aromatic rings. The molecule has 1 saturated heterocycles. The van der Waals surface area contributed by atoms with Gasteiger partial charge in [-0.15, -0.1) is 0 Å².